The fourth-order valence-electron chi connectivity index (χ4n) is 2.74. The number of hydrogen-bond donors (Lipinski definition) is 2. The van der Waals surface area contributed by atoms with E-state index in [9.17, 15) is 0 Å². The van der Waals surface area contributed by atoms with Gasteiger partial charge in [0.15, 0.2) is 17.0 Å². The summed E-state index contributed by atoms with van der Waals surface area (Å²) in [4.78, 5) is 13.2. The van der Waals surface area contributed by atoms with Gasteiger partial charge in [0.05, 0.1) is 17.1 Å². The number of hydrogen-bond acceptors (Lipinski definition) is 6. The SMILES string of the molecule is Cc1nn(C(C)C)c(C)c1Nc1nc(N)nc2c1nc(C)n2C. The summed E-state index contributed by atoms with van der Waals surface area (Å²) in [5, 5.41) is 7.93. The predicted molar refractivity (Wildman–Crippen MR) is 90.8 cm³/mol. The van der Waals surface area contributed by atoms with Crippen molar-refractivity contribution in [2.24, 2.45) is 7.05 Å². The van der Waals surface area contributed by atoms with E-state index < -0.39 is 0 Å². The topological polar surface area (TPSA) is 99.5 Å². The Bertz CT molecular complexity index is 887. The normalized spacial score (nSPS) is 11.6. The third-order valence-corrected chi connectivity index (χ3v) is 4.02. The molecule has 0 saturated heterocycles. The lowest BCUT2D eigenvalue weighted by Crippen LogP contribution is -2.06. The number of aryl methyl sites for hydroxylation is 3. The van der Waals surface area contributed by atoms with Crippen LogP contribution in [0.3, 0.4) is 0 Å². The molecule has 122 valence electrons. The number of anilines is 3. The average Bonchev–Trinajstić information content (AvgIpc) is 2.91. The van der Waals surface area contributed by atoms with Crippen molar-refractivity contribution in [3.8, 4) is 0 Å². The maximum atomic E-state index is 5.86. The van der Waals surface area contributed by atoms with Gasteiger partial charge in [-0.05, 0) is 34.6 Å². The molecule has 3 N–H and O–H groups in total. The largest absolute Gasteiger partial charge is 0.368 e. The number of rotatable bonds is 3. The molecular weight excluding hydrogens is 292 g/mol. The van der Waals surface area contributed by atoms with Gasteiger partial charge in [0.2, 0.25) is 5.95 Å². The first-order valence-electron chi connectivity index (χ1n) is 7.58. The third-order valence-electron chi connectivity index (χ3n) is 4.02. The molecule has 3 aromatic rings. The van der Waals surface area contributed by atoms with Gasteiger partial charge >= 0.3 is 0 Å². The van der Waals surface area contributed by atoms with Gasteiger partial charge < -0.3 is 15.6 Å². The van der Waals surface area contributed by atoms with Crippen LogP contribution < -0.4 is 11.1 Å². The van der Waals surface area contributed by atoms with Crippen molar-refractivity contribution < 1.29 is 0 Å². The number of nitrogens with two attached hydrogens (primary N) is 1. The first kappa shape index (κ1) is 15.3. The highest BCUT2D eigenvalue weighted by atomic mass is 15.3. The Morgan fingerprint density at radius 1 is 1.09 bits per heavy atom. The van der Waals surface area contributed by atoms with Crippen molar-refractivity contribution in [1.82, 2.24) is 29.3 Å². The molecule has 0 unspecified atom stereocenters. The van der Waals surface area contributed by atoms with Crippen molar-refractivity contribution in [3.63, 3.8) is 0 Å². The molecular formula is C15H22N8. The van der Waals surface area contributed by atoms with E-state index >= 15 is 0 Å². The number of fused-ring (bicyclic) bond motifs is 1. The summed E-state index contributed by atoms with van der Waals surface area (Å²) in [6.07, 6.45) is 0. The highest BCUT2D eigenvalue weighted by molar-refractivity contribution is 5.87. The van der Waals surface area contributed by atoms with Crippen molar-refractivity contribution >= 4 is 28.6 Å². The second-order valence-electron chi connectivity index (χ2n) is 6.03. The van der Waals surface area contributed by atoms with Crippen LogP contribution in [0.1, 0.15) is 37.1 Å². The third kappa shape index (κ3) is 2.39. The smallest absolute Gasteiger partial charge is 0.224 e. The number of nitrogens with zero attached hydrogens (tertiary/aromatic N) is 6. The van der Waals surface area contributed by atoms with E-state index in [1.54, 1.807) is 0 Å². The van der Waals surface area contributed by atoms with Crippen LogP contribution in [0.15, 0.2) is 0 Å². The molecule has 0 aliphatic heterocycles. The first-order chi connectivity index (χ1) is 10.8. The van der Waals surface area contributed by atoms with Crippen LogP contribution in [0.5, 0.6) is 0 Å². The lowest BCUT2D eigenvalue weighted by Gasteiger charge is -2.10. The molecule has 0 aliphatic rings. The zero-order valence-corrected chi connectivity index (χ0v) is 14.3. The molecule has 3 aromatic heterocycles. The van der Waals surface area contributed by atoms with E-state index in [2.05, 4.69) is 39.2 Å². The Kier molecular flexibility index (Phi) is 3.46. The zero-order chi connectivity index (χ0) is 16.9. The lowest BCUT2D eigenvalue weighted by atomic mass is 10.3. The number of aromatic nitrogens is 6. The van der Waals surface area contributed by atoms with Crippen molar-refractivity contribution in [2.45, 2.75) is 40.7 Å². The summed E-state index contributed by atoms with van der Waals surface area (Å²) < 4.78 is 3.89. The molecule has 3 rings (SSSR count). The summed E-state index contributed by atoms with van der Waals surface area (Å²) in [7, 11) is 1.91. The minimum atomic E-state index is 0.217. The fourth-order valence-corrected chi connectivity index (χ4v) is 2.74. The molecule has 0 atom stereocenters. The van der Waals surface area contributed by atoms with Crippen LogP contribution >= 0.6 is 0 Å². The van der Waals surface area contributed by atoms with Crippen LogP contribution in [0.25, 0.3) is 11.2 Å². The van der Waals surface area contributed by atoms with Gasteiger partial charge in [-0.25, -0.2) is 4.98 Å². The molecule has 0 amide bonds. The van der Waals surface area contributed by atoms with Crippen molar-refractivity contribution in [2.75, 3.05) is 11.1 Å². The maximum absolute atomic E-state index is 5.86. The highest BCUT2D eigenvalue weighted by Crippen LogP contribution is 2.29. The molecule has 8 nitrogen and oxygen atoms in total. The summed E-state index contributed by atoms with van der Waals surface area (Å²) in [6.45, 7) is 10.1. The maximum Gasteiger partial charge on any atom is 0.224 e. The van der Waals surface area contributed by atoms with E-state index in [0.29, 0.717) is 17.0 Å². The van der Waals surface area contributed by atoms with E-state index in [0.717, 1.165) is 22.9 Å². The van der Waals surface area contributed by atoms with E-state index in [1.807, 2.05) is 37.1 Å². The minimum Gasteiger partial charge on any atom is -0.368 e. The molecule has 0 aromatic carbocycles. The van der Waals surface area contributed by atoms with E-state index in [1.165, 1.54) is 0 Å². The van der Waals surface area contributed by atoms with Gasteiger partial charge in [-0.1, -0.05) is 0 Å². The molecule has 0 fully saturated rings. The molecule has 0 spiro atoms. The monoisotopic (exact) mass is 314 g/mol. The minimum absolute atomic E-state index is 0.217. The molecule has 8 heteroatoms. The summed E-state index contributed by atoms with van der Waals surface area (Å²) in [6, 6.07) is 0.289. The van der Waals surface area contributed by atoms with Crippen LogP contribution in [0.2, 0.25) is 0 Å². The van der Waals surface area contributed by atoms with Crippen molar-refractivity contribution in [3.05, 3.63) is 17.2 Å². The Balaban J connectivity index is 2.14. The van der Waals surface area contributed by atoms with Crippen LogP contribution in [-0.2, 0) is 7.05 Å². The molecule has 23 heavy (non-hydrogen) atoms. The second-order valence-corrected chi connectivity index (χ2v) is 6.03. The number of nitrogen functional groups attached to an aromatic ring is 1. The quantitative estimate of drug-likeness (QED) is 0.770. The van der Waals surface area contributed by atoms with Gasteiger partial charge in [0.25, 0.3) is 0 Å². The van der Waals surface area contributed by atoms with Crippen molar-refractivity contribution in [1.29, 1.82) is 0 Å². The van der Waals surface area contributed by atoms with Gasteiger partial charge in [-0.3, -0.25) is 4.68 Å². The summed E-state index contributed by atoms with van der Waals surface area (Å²) in [5.74, 6) is 1.68. The van der Waals surface area contributed by atoms with Gasteiger partial charge in [-0.2, -0.15) is 15.1 Å². The van der Waals surface area contributed by atoms with Gasteiger partial charge in [0.1, 0.15) is 5.82 Å². The standard InChI is InChI=1S/C15H22N8/c1-7(2)23-9(4)11(8(3)21-23)18-13-12-14(20-15(16)19-13)22(6)10(5)17-12/h7H,1-6H3,(H3,16,18,19,20). The van der Waals surface area contributed by atoms with Gasteiger partial charge in [-0.15, -0.1) is 0 Å². The second kappa shape index (κ2) is 5.22. The molecule has 3 heterocycles. The number of nitrogens with one attached hydrogen (secondary N) is 1. The molecule has 0 radical (unpaired) electrons. The highest BCUT2D eigenvalue weighted by Gasteiger charge is 2.18. The Morgan fingerprint density at radius 2 is 1.78 bits per heavy atom. The lowest BCUT2D eigenvalue weighted by molar-refractivity contribution is 0.516. The Morgan fingerprint density at radius 3 is 2.39 bits per heavy atom. The first-order valence-corrected chi connectivity index (χ1v) is 7.58. The average molecular weight is 314 g/mol. The predicted octanol–water partition coefficient (Wildman–Crippen LogP) is 2.39. The molecule has 0 saturated carbocycles. The van der Waals surface area contributed by atoms with Crippen LogP contribution in [-0.4, -0.2) is 29.3 Å². The Labute approximate surface area is 134 Å². The summed E-state index contributed by atoms with van der Waals surface area (Å²) in [5.41, 5.74) is 10.2. The van der Waals surface area contributed by atoms with Crippen LogP contribution in [0.4, 0.5) is 17.5 Å². The van der Waals surface area contributed by atoms with Crippen LogP contribution in [0, 0.1) is 20.8 Å². The molecule has 0 bridgehead atoms. The summed E-state index contributed by atoms with van der Waals surface area (Å²) >= 11 is 0. The van der Waals surface area contributed by atoms with E-state index in [4.69, 9.17) is 5.73 Å². The zero-order valence-electron chi connectivity index (χ0n) is 14.3. The fraction of sp³-hybridized carbons (Fsp3) is 0.467. The van der Waals surface area contributed by atoms with Gasteiger partial charge in [0, 0.05) is 13.1 Å². The molecule has 0 aliphatic carbocycles. The number of imidazole rings is 1. The Hall–Kier alpha value is -2.64. The van der Waals surface area contributed by atoms with E-state index in [-0.39, 0.29) is 12.0 Å².